The Kier molecular flexibility index (Phi) is 4.05. The number of carbonyl (C=O) groups is 2. The van der Waals surface area contributed by atoms with E-state index in [0.29, 0.717) is 11.3 Å². The molecule has 0 saturated heterocycles. The van der Waals surface area contributed by atoms with Crippen LogP contribution in [0.25, 0.3) is 0 Å². The van der Waals surface area contributed by atoms with Crippen LogP contribution < -0.4 is 4.74 Å². The largest absolute Gasteiger partial charge is 0.497 e. The molecule has 0 N–H and O–H groups in total. The Morgan fingerprint density at radius 2 is 1.65 bits per heavy atom. The van der Waals surface area contributed by atoms with E-state index in [4.69, 9.17) is 4.74 Å². The molecule has 0 spiro atoms. The molecule has 0 aromatic heterocycles. The van der Waals surface area contributed by atoms with E-state index in [1.807, 2.05) is 20.8 Å². The standard InChI is InChI=1S/C14H18O3/c1-14(2,3)13(16)9-12(15)10-5-7-11(17-4)8-6-10/h5-8H,9H2,1-4H3. The molecule has 0 radical (unpaired) electrons. The molecular weight excluding hydrogens is 216 g/mol. The van der Waals surface area contributed by atoms with Gasteiger partial charge in [0.15, 0.2) is 5.78 Å². The molecule has 0 aliphatic rings. The van der Waals surface area contributed by atoms with Gasteiger partial charge in [0.05, 0.1) is 13.5 Å². The van der Waals surface area contributed by atoms with Crippen LogP contribution in [0.2, 0.25) is 0 Å². The maximum Gasteiger partial charge on any atom is 0.170 e. The Morgan fingerprint density at radius 1 is 1.12 bits per heavy atom. The van der Waals surface area contributed by atoms with Crippen molar-refractivity contribution in [3.63, 3.8) is 0 Å². The summed E-state index contributed by atoms with van der Waals surface area (Å²) in [6.45, 7) is 5.45. The summed E-state index contributed by atoms with van der Waals surface area (Å²) < 4.78 is 5.01. The van der Waals surface area contributed by atoms with Crippen LogP contribution in [0.4, 0.5) is 0 Å². The summed E-state index contributed by atoms with van der Waals surface area (Å²) in [4.78, 5) is 23.6. The number of benzene rings is 1. The highest BCUT2D eigenvalue weighted by molar-refractivity contribution is 6.09. The SMILES string of the molecule is COc1ccc(C(=O)CC(=O)C(C)(C)C)cc1. The fourth-order valence-corrected chi connectivity index (χ4v) is 1.29. The molecule has 0 amide bonds. The number of rotatable bonds is 4. The third-order valence-corrected chi connectivity index (χ3v) is 2.57. The number of Topliss-reactive ketones (excluding diaryl/α,β-unsaturated/α-hetero) is 2. The van der Waals surface area contributed by atoms with Crippen molar-refractivity contribution < 1.29 is 14.3 Å². The van der Waals surface area contributed by atoms with Crippen molar-refractivity contribution in [2.75, 3.05) is 7.11 Å². The molecular formula is C14H18O3. The van der Waals surface area contributed by atoms with Crippen LogP contribution >= 0.6 is 0 Å². The molecule has 0 aliphatic carbocycles. The van der Waals surface area contributed by atoms with Gasteiger partial charge in [0, 0.05) is 11.0 Å². The fraction of sp³-hybridized carbons (Fsp3) is 0.429. The van der Waals surface area contributed by atoms with Gasteiger partial charge in [-0.1, -0.05) is 20.8 Å². The van der Waals surface area contributed by atoms with E-state index in [2.05, 4.69) is 0 Å². The van der Waals surface area contributed by atoms with Gasteiger partial charge in [-0.15, -0.1) is 0 Å². The van der Waals surface area contributed by atoms with E-state index in [-0.39, 0.29) is 18.0 Å². The smallest absolute Gasteiger partial charge is 0.170 e. The van der Waals surface area contributed by atoms with Crippen molar-refractivity contribution in [3.05, 3.63) is 29.8 Å². The molecule has 0 unspecified atom stereocenters. The summed E-state index contributed by atoms with van der Waals surface area (Å²) >= 11 is 0. The normalized spacial score (nSPS) is 11.1. The molecule has 0 heterocycles. The second-order valence-corrected chi connectivity index (χ2v) is 5.00. The summed E-state index contributed by atoms with van der Waals surface area (Å²) in [6.07, 6.45) is -0.0458. The van der Waals surface area contributed by atoms with Crippen molar-refractivity contribution in [1.82, 2.24) is 0 Å². The monoisotopic (exact) mass is 234 g/mol. The summed E-state index contributed by atoms with van der Waals surface area (Å²) in [5, 5.41) is 0. The molecule has 0 fully saturated rings. The van der Waals surface area contributed by atoms with E-state index < -0.39 is 5.41 Å². The Bertz CT molecular complexity index is 410. The van der Waals surface area contributed by atoms with E-state index in [1.165, 1.54) is 0 Å². The third-order valence-electron chi connectivity index (χ3n) is 2.57. The van der Waals surface area contributed by atoms with Gasteiger partial charge in [-0.3, -0.25) is 9.59 Å². The third kappa shape index (κ3) is 3.70. The molecule has 1 aromatic rings. The maximum absolute atomic E-state index is 11.8. The zero-order chi connectivity index (χ0) is 13.1. The molecule has 3 nitrogen and oxygen atoms in total. The van der Waals surface area contributed by atoms with Crippen molar-refractivity contribution in [1.29, 1.82) is 0 Å². The minimum absolute atomic E-state index is 0.0432. The van der Waals surface area contributed by atoms with Crippen LogP contribution in [-0.4, -0.2) is 18.7 Å². The Morgan fingerprint density at radius 3 is 2.06 bits per heavy atom. The highest BCUT2D eigenvalue weighted by Crippen LogP contribution is 2.19. The average molecular weight is 234 g/mol. The van der Waals surface area contributed by atoms with Crippen LogP contribution in [0.3, 0.4) is 0 Å². The lowest BCUT2D eigenvalue weighted by Crippen LogP contribution is -2.23. The molecule has 1 aromatic carbocycles. The highest BCUT2D eigenvalue weighted by Gasteiger charge is 2.23. The maximum atomic E-state index is 11.8. The van der Waals surface area contributed by atoms with Crippen LogP contribution in [0.5, 0.6) is 5.75 Å². The van der Waals surface area contributed by atoms with Crippen molar-refractivity contribution in [2.45, 2.75) is 27.2 Å². The highest BCUT2D eigenvalue weighted by atomic mass is 16.5. The van der Waals surface area contributed by atoms with Crippen molar-refractivity contribution in [2.24, 2.45) is 5.41 Å². The number of hydrogen-bond acceptors (Lipinski definition) is 3. The quantitative estimate of drug-likeness (QED) is 0.594. The zero-order valence-corrected chi connectivity index (χ0v) is 10.7. The van der Waals surface area contributed by atoms with Crippen LogP contribution in [0.15, 0.2) is 24.3 Å². The average Bonchev–Trinajstić information content (AvgIpc) is 2.27. The molecule has 3 heteroatoms. The van der Waals surface area contributed by atoms with Crippen molar-refractivity contribution >= 4 is 11.6 Å². The molecule has 17 heavy (non-hydrogen) atoms. The van der Waals surface area contributed by atoms with Gasteiger partial charge in [0.2, 0.25) is 0 Å². The van der Waals surface area contributed by atoms with E-state index >= 15 is 0 Å². The number of methoxy groups -OCH3 is 1. The van der Waals surface area contributed by atoms with Crippen LogP contribution in [0, 0.1) is 5.41 Å². The van der Waals surface area contributed by atoms with Crippen molar-refractivity contribution in [3.8, 4) is 5.75 Å². The summed E-state index contributed by atoms with van der Waals surface area (Å²) in [5.41, 5.74) is 0.0747. The van der Waals surface area contributed by atoms with Gasteiger partial charge in [-0.25, -0.2) is 0 Å². The lowest BCUT2D eigenvalue weighted by molar-refractivity contribution is -0.125. The summed E-state index contributed by atoms with van der Waals surface area (Å²) in [6, 6.07) is 6.79. The lowest BCUT2D eigenvalue weighted by Gasteiger charge is -2.15. The first kappa shape index (κ1) is 13.4. The Balaban J connectivity index is 2.73. The molecule has 0 atom stereocenters. The first-order valence-corrected chi connectivity index (χ1v) is 5.55. The van der Waals surface area contributed by atoms with E-state index in [1.54, 1.807) is 31.4 Å². The number of ketones is 2. The Hall–Kier alpha value is -1.64. The first-order chi connectivity index (χ1) is 7.84. The lowest BCUT2D eigenvalue weighted by atomic mass is 9.87. The summed E-state index contributed by atoms with van der Waals surface area (Å²) in [5.74, 6) is 0.509. The van der Waals surface area contributed by atoms with Gasteiger partial charge in [-0.05, 0) is 24.3 Å². The zero-order valence-electron chi connectivity index (χ0n) is 10.7. The van der Waals surface area contributed by atoms with Gasteiger partial charge in [-0.2, -0.15) is 0 Å². The minimum atomic E-state index is -0.470. The van der Waals surface area contributed by atoms with E-state index in [0.717, 1.165) is 0 Å². The van der Waals surface area contributed by atoms with Crippen LogP contribution in [-0.2, 0) is 4.79 Å². The van der Waals surface area contributed by atoms with Gasteiger partial charge >= 0.3 is 0 Å². The fourth-order valence-electron chi connectivity index (χ4n) is 1.29. The van der Waals surface area contributed by atoms with Gasteiger partial charge < -0.3 is 4.74 Å². The first-order valence-electron chi connectivity index (χ1n) is 5.55. The predicted molar refractivity (Wildman–Crippen MR) is 66.4 cm³/mol. The second-order valence-electron chi connectivity index (χ2n) is 5.00. The molecule has 0 bridgehead atoms. The second kappa shape index (κ2) is 5.13. The number of ether oxygens (including phenoxy) is 1. The predicted octanol–water partition coefficient (Wildman–Crippen LogP) is 2.88. The molecule has 1 rings (SSSR count). The topological polar surface area (TPSA) is 43.4 Å². The summed E-state index contributed by atoms with van der Waals surface area (Å²) in [7, 11) is 1.57. The van der Waals surface area contributed by atoms with Gasteiger partial charge in [0.25, 0.3) is 0 Å². The molecule has 0 aliphatic heterocycles. The Labute approximate surface area is 102 Å². The van der Waals surface area contributed by atoms with E-state index in [9.17, 15) is 9.59 Å². The molecule has 0 saturated carbocycles. The molecule has 92 valence electrons. The number of carbonyl (C=O) groups excluding carboxylic acids is 2. The van der Waals surface area contributed by atoms with Crippen LogP contribution in [0.1, 0.15) is 37.6 Å². The minimum Gasteiger partial charge on any atom is -0.497 e. The van der Waals surface area contributed by atoms with Gasteiger partial charge in [0.1, 0.15) is 11.5 Å². The number of hydrogen-bond donors (Lipinski definition) is 0.